The van der Waals surface area contributed by atoms with Crippen LogP contribution in [-0.4, -0.2) is 39.4 Å². The Morgan fingerprint density at radius 2 is 1.97 bits per heavy atom. The third-order valence-corrected chi connectivity index (χ3v) is 8.29. The third-order valence-electron chi connectivity index (χ3n) is 7.43. The Balaban J connectivity index is 1.48. The smallest absolute Gasteiger partial charge is 0.271 e. The van der Waals surface area contributed by atoms with Gasteiger partial charge < -0.3 is 14.8 Å². The molecule has 3 unspecified atom stereocenters. The van der Waals surface area contributed by atoms with E-state index in [1.807, 2.05) is 41.5 Å². The Hall–Kier alpha value is -2.60. The Morgan fingerprint density at radius 3 is 2.75 bits per heavy atom. The number of rotatable bonds is 5. The molecule has 1 aliphatic heterocycles. The minimum absolute atomic E-state index is 0.0274. The van der Waals surface area contributed by atoms with E-state index < -0.39 is 5.54 Å². The predicted molar refractivity (Wildman–Crippen MR) is 129 cm³/mol. The lowest BCUT2D eigenvalue weighted by Gasteiger charge is -2.45. The van der Waals surface area contributed by atoms with Gasteiger partial charge in [-0.1, -0.05) is 50.1 Å². The van der Waals surface area contributed by atoms with Gasteiger partial charge in [0.2, 0.25) is 5.91 Å². The minimum atomic E-state index is -0.927. The molecular weight excluding hydrogens is 418 g/mol. The zero-order valence-corrected chi connectivity index (χ0v) is 19.7. The van der Waals surface area contributed by atoms with Gasteiger partial charge in [0.1, 0.15) is 11.2 Å². The van der Waals surface area contributed by atoms with Crippen LogP contribution in [0.3, 0.4) is 0 Å². The van der Waals surface area contributed by atoms with Gasteiger partial charge in [0.25, 0.3) is 5.91 Å². The lowest BCUT2D eigenvalue weighted by Crippen LogP contribution is -2.65. The average Bonchev–Trinajstić information content (AvgIpc) is 3.38. The van der Waals surface area contributed by atoms with E-state index >= 15 is 0 Å². The Morgan fingerprint density at radius 1 is 1.19 bits per heavy atom. The number of thiophene rings is 1. The quantitative estimate of drug-likeness (QED) is 0.605. The Kier molecular flexibility index (Phi) is 5.58. The summed E-state index contributed by atoms with van der Waals surface area (Å²) < 4.78 is 3.15. The summed E-state index contributed by atoms with van der Waals surface area (Å²) in [7, 11) is 0. The van der Waals surface area contributed by atoms with Gasteiger partial charge in [-0.15, -0.1) is 11.3 Å². The van der Waals surface area contributed by atoms with Crippen molar-refractivity contribution in [1.82, 2.24) is 14.8 Å². The summed E-state index contributed by atoms with van der Waals surface area (Å²) in [6, 6.07) is 14.4. The first-order valence-corrected chi connectivity index (χ1v) is 12.6. The van der Waals surface area contributed by atoms with Crippen LogP contribution < -0.4 is 5.32 Å². The molecule has 0 saturated heterocycles. The molecule has 0 spiro atoms. The summed E-state index contributed by atoms with van der Waals surface area (Å²) in [5.74, 6) is 0.393. The van der Waals surface area contributed by atoms with Gasteiger partial charge in [0.15, 0.2) is 0 Å². The van der Waals surface area contributed by atoms with Crippen molar-refractivity contribution in [2.75, 3.05) is 6.54 Å². The number of benzene rings is 1. The van der Waals surface area contributed by atoms with Crippen LogP contribution in [0.15, 0.2) is 47.8 Å². The Bertz CT molecular complexity index is 1130. The van der Waals surface area contributed by atoms with Crippen LogP contribution in [0, 0.1) is 5.92 Å². The van der Waals surface area contributed by atoms with E-state index in [1.165, 1.54) is 12.0 Å². The summed E-state index contributed by atoms with van der Waals surface area (Å²) in [6.07, 6.45) is 5.28. The fourth-order valence-corrected chi connectivity index (χ4v) is 6.19. The maximum atomic E-state index is 13.8. The van der Waals surface area contributed by atoms with Crippen LogP contribution in [-0.2, 0) is 17.8 Å². The second-order valence-electron chi connectivity index (χ2n) is 9.59. The lowest BCUT2D eigenvalue weighted by atomic mass is 9.85. The molecule has 0 radical (unpaired) electrons. The Labute approximate surface area is 193 Å². The SMILES string of the molecule is CC1CCCCC1NC(=O)C1(C)Cn2c(cc3sccc32)C(=O)N1CCc1ccccc1. The first kappa shape index (κ1) is 21.3. The number of nitrogens with zero attached hydrogens (tertiary/aromatic N) is 2. The first-order chi connectivity index (χ1) is 15.5. The summed E-state index contributed by atoms with van der Waals surface area (Å²) in [6.45, 7) is 5.17. The zero-order chi connectivity index (χ0) is 22.3. The molecule has 168 valence electrons. The maximum absolute atomic E-state index is 13.8. The van der Waals surface area contributed by atoms with Gasteiger partial charge in [-0.05, 0) is 55.2 Å². The number of hydrogen-bond donors (Lipinski definition) is 1. The molecule has 1 fully saturated rings. The normalized spacial score (nSPS) is 25.7. The third kappa shape index (κ3) is 3.64. The van der Waals surface area contributed by atoms with E-state index in [-0.39, 0.29) is 17.9 Å². The van der Waals surface area contributed by atoms with Crippen molar-refractivity contribution < 1.29 is 9.59 Å². The molecule has 1 aromatic carbocycles. The van der Waals surface area contributed by atoms with Crippen molar-refractivity contribution in [2.24, 2.45) is 5.92 Å². The second-order valence-corrected chi connectivity index (χ2v) is 10.5. The van der Waals surface area contributed by atoms with Crippen molar-refractivity contribution >= 4 is 33.4 Å². The number of carbonyl (C=O) groups excluding carboxylic acids is 2. The van der Waals surface area contributed by atoms with Crippen LogP contribution in [0.5, 0.6) is 0 Å². The number of aromatic nitrogens is 1. The predicted octanol–water partition coefficient (Wildman–Crippen LogP) is 4.85. The lowest BCUT2D eigenvalue weighted by molar-refractivity contribution is -0.134. The van der Waals surface area contributed by atoms with Gasteiger partial charge in [-0.2, -0.15) is 0 Å². The molecule has 1 saturated carbocycles. The van der Waals surface area contributed by atoms with E-state index in [0.29, 0.717) is 24.7 Å². The summed E-state index contributed by atoms with van der Waals surface area (Å²) in [4.78, 5) is 29.3. The van der Waals surface area contributed by atoms with E-state index in [9.17, 15) is 9.59 Å². The van der Waals surface area contributed by atoms with Gasteiger partial charge in [-0.3, -0.25) is 9.59 Å². The highest BCUT2D eigenvalue weighted by Crippen LogP contribution is 2.35. The van der Waals surface area contributed by atoms with Crippen molar-refractivity contribution in [2.45, 2.75) is 64.1 Å². The van der Waals surface area contributed by atoms with Crippen LogP contribution in [0.2, 0.25) is 0 Å². The molecule has 2 amide bonds. The molecule has 3 aromatic rings. The van der Waals surface area contributed by atoms with Gasteiger partial charge in [0, 0.05) is 12.6 Å². The molecule has 3 atom stereocenters. The fraction of sp³-hybridized carbons (Fsp3) is 0.462. The molecule has 3 heterocycles. The van der Waals surface area contributed by atoms with Crippen LogP contribution in [0.25, 0.3) is 10.2 Å². The van der Waals surface area contributed by atoms with Gasteiger partial charge in [-0.25, -0.2) is 0 Å². The minimum Gasteiger partial charge on any atom is -0.351 e. The molecule has 6 heteroatoms. The second kappa shape index (κ2) is 8.39. The molecule has 2 aliphatic rings. The topological polar surface area (TPSA) is 54.3 Å². The van der Waals surface area contributed by atoms with Gasteiger partial charge in [0.05, 0.1) is 16.8 Å². The fourth-order valence-electron chi connectivity index (χ4n) is 5.36. The molecule has 1 N–H and O–H groups in total. The molecule has 1 aliphatic carbocycles. The van der Waals surface area contributed by atoms with Crippen molar-refractivity contribution in [3.8, 4) is 0 Å². The number of fused-ring (bicyclic) bond motifs is 3. The largest absolute Gasteiger partial charge is 0.351 e. The summed E-state index contributed by atoms with van der Waals surface area (Å²) in [5.41, 5.74) is 1.98. The van der Waals surface area contributed by atoms with Gasteiger partial charge >= 0.3 is 0 Å². The van der Waals surface area contributed by atoms with Crippen LogP contribution in [0.1, 0.15) is 55.6 Å². The highest BCUT2D eigenvalue weighted by atomic mass is 32.1. The number of hydrogen-bond acceptors (Lipinski definition) is 3. The van der Waals surface area contributed by atoms with Crippen LogP contribution >= 0.6 is 11.3 Å². The van der Waals surface area contributed by atoms with E-state index in [1.54, 1.807) is 11.3 Å². The first-order valence-electron chi connectivity index (χ1n) is 11.7. The highest BCUT2D eigenvalue weighted by Gasteiger charge is 2.48. The highest BCUT2D eigenvalue weighted by molar-refractivity contribution is 7.17. The molecule has 5 rings (SSSR count). The van der Waals surface area contributed by atoms with E-state index in [0.717, 1.165) is 35.9 Å². The average molecular weight is 450 g/mol. The summed E-state index contributed by atoms with van der Waals surface area (Å²) >= 11 is 1.64. The number of nitrogens with one attached hydrogen (secondary N) is 1. The monoisotopic (exact) mass is 449 g/mol. The maximum Gasteiger partial charge on any atom is 0.271 e. The van der Waals surface area contributed by atoms with Crippen molar-refractivity contribution in [1.29, 1.82) is 0 Å². The molecule has 2 aromatic heterocycles. The van der Waals surface area contributed by atoms with E-state index in [2.05, 4.69) is 35.0 Å². The van der Waals surface area contributed by atoms with Crippen LogP contribution in [0.4, 0.5) is 0 Å². The molecular formula is C26H31N3O2S. The number of amides is 2. The summed E-state index contributed by atoms with van der Waals surface area (Å²) in [5, 5.41) is 5.40. The molecule has 0 bridgehead atoms. The molecule has 5 nitrogen and oxygen atoms in total. The standard InChI is InChI=1S/C26H31N3O2S/c1-18-8-6-7-11-20(18)27-25(31)26(2)17-28-21-13-15-32-23(21)16-22(28)24(30)29(26)14-12-19-9-4-3-5-10-19/h3-5,9-10,13,15-16,18,20H,6-8,11-12,14,17H2,1-2H3,(H,27,31). The zero-order valence-electron chi connectivity index (χ0n) is 18.8. The van der Waals surface area contributed by atoms with E-state index in [4.69, 9.17) is 0 Å². The molecule has 32 heavy (non-hydrogen) atoms. The van der Waals surface area contributed by atoms with Crippen molar-refractivity contribution in [3.63, 3.8) is 0 Å². The van der Waals surface area contributed by atoms with Crippen molar-refractivity contribution in [3.05, 3.63) is 59.1 Å². The number of carbonyl (C=O) groups is 2.